The van der Waals surface area contributed by atoms with Crippen LogP contribution in [0.1, 0.15) is 115 Å². The summed E-state index contributed by atoms with van der Waals surface area (Å²) in [7, 11) is -4.82. The van der Waals surface area contributed by atoms with Crippen LogP contribution in [0.15, 0.2) is 106 Å². The first-order valence-corrected chi connectivity index (χ1v) is 19.2. The van der Waals surface area contributed by atoms with Crippen molar-refractivity contribution in [1.29, 1.82) is 0 Å². The number of phenolic OH excluding ortho intramolecular Hbond substituents is 1. The van der Waals surface area contributed by atoms with E-state index in [1.54, 1.807) is 0 Å². The van der Waals surface area contributed by atoms with Gasteiger partial charge in [0.2, 0.25) is 0 Å². The predicted molar refractivity (Wildman–Crippen MR) is 224 cm³/mol. The lowest BCUT2D eigenvalue weighted by atomic mass is 9.71. The molecule has 6 nitrogen and oxygen atoms in total. The van der Waals surface area contributed by atoms with Crippen LogP contribution < -0.4 is 0 Å². The molecule has 56 heavy (non-hydrogen) atoms. The van der Waals surface area contributed by atoms with Crippen molar-refractivity contribution in [3.63, 3.8) is 0 Å². The molecule has 0 atom stereocenters. The van der Waals surface area contributed by atoms with Crippen molar-refractivity contribution in [3.05, 3.63) is 129 Å². The van der Waals surface area contributed by atoms with Crippen LogP contribution >= 0.6 is 0 Å². The number of carbonyl (C=O) groups is 1. The van der Waals surface area contributed by atoms with E-state index in [4.69, 9.17) is 14.0 Å². The van der Waals surface area contributed by atoms with E-state index in [-0.39, 0.29) is 39.6 Å². The first-order valence-electron chi connectivity index (χ1n) is 19.2. The summed E-state index contributed by atoms with van der Waals surface area (Å²) in [5, 5.41) is 13.0. The molecular formula is C47H51BF2N2O4. The van der Waals surface area contributed by atoms with Crippen LogP contribution in [-0.4, -0.2) is 34.5 Å². The van der Waals surface area contributed by atoms with Crippen molar-refractivity contribution in [2.75, 3.05) is 0 Å². The molecule has 0 saturated heterocycles. The van der Waals surface area contributed by atoms with Crippen LogP contribution in [0.2, 0.25) is 0 Å². The van der Waals surface area contributed by atoms with E-state index in [2.05, 4.69) is 46.5 Å². The number of rotatable bonds is 3. The number of nitrogens with one attached hydrogen (secondary N) is 1. The summed E-state index contributed by atoms with van der Waals surface area (Å²) in [6, 6.07) is 19.0. The molecule has 0 amide bonds. The summed E-state index contributed by atoms with van der Waals surface area (Å²) in [5.74, 6) is 0.0417. The molecule has 3 aromatic carbocycles. The number of ketones is 2. The highest BCUT2D eigenvalue weighted by atomic mass is 19.3. The molecule has 4 aromatic rings. The molecule has 0 unspecified atom stereocenters. The number of fused-ring (bicyclic) bond motifs is 2. The van der Waals surface area contributed by atoms with Gasteiger partial charge in [0, 0.05) is 49.7 Å². The molecule has 2 aliphatic heterocycles. The van der Waals surface area contributed by atoms with Gasteiger partial charge in [-0.15, -0.1) is 0 Å². The lowest BCUT2D eigenvalue weighted by Gasteiger charge is -2.31. The Kier molecular flexibility index (Phi) is 8.95. The summed E-state index contributed by atoms with van der Waals surface area (Å²) >= 11 is 0. The van der Waals surface area contributed by atoms with Gasteiger partial charge >= 0.3 is 12.9 Å². The van der Waals surface area contributed by atoms with Crippen LogP contribution in [0.3, 0.4) is 0 Å². The fourth-order valence-corrected chi connectivity index (χ4v) is 7.70. The second-order valence-corrected chi connectivity index (χ2v) is 19.2. The fraction of sp³-hybridized carbons (Fsp3) is 0.340. The number of phenols is 1. The first-order chi connectivity index (χ1) is 25.8. The van der Waals surface area contributed by atoms with Gasteiger partial charge in [-0.1, -0.05) is 132 Å². The maximum Gasteiger partial charge on any atom is 0.995 e. The molecule has 1 aromatic heterocycles. The van der Waals surface area contributed by atoms with Gasteiger partial charge < -0.3 is 27.7 Å². The zero-order valence-electron chi connectivity index (χ0n) is 34.5. The number of hydrogen-bond acceptors (Lipinski definition) is 4. The molecular weight excluding hydrogens is 705 g/mol. The fourth-order valence-electron chi connectivity index (χ4n) is 7.70. The number of carbonyl (C=O) groups excluding carboxylic acids is 2. The molecule has 2 N–H and O–H groups in total. The lowest BCUT2D eigenvalue weighted by Crippen LogP contribution is -2.33. The second-order valence-electron chi connectivity index (χ2n) is 19.2. The molecule has 0 radical (unpaired) electrons. The Morgan fingerprint density at radius 1 is 0.696 bits per heavy atom. The van der Waals surface area contributed by atoms with Crippen LogP contribution in [0.5, 0.6) is 5.75 Å². The molecule has 9 heteroatoms. The van der Waals surface area contributed by atoms with Crippen LogP contribution in [-0.2, 0) is 20.3 Å². The Labute approximate surface area is 328 Å². The molecule has 3 aliphatic rings. The van der Waals surface area contributed by atoms with E-state index in [1.807, 2.05) is 114 Å². The summed E-state index contributed by atoms with van der Waals surface area (Å²) in [5.41, 5.74) is 6.08. The highest BCUT2D eigenvalue weighted by molar-refractivity contribution is 6.52. The topological polar surface area (TPSA) is 86.0 Å². The number of aromatic hydroxyl groups is 1. The largest absolute Gasteiger partial charge is 0.995 e. The van der Waals surface area contributed by atoms with Crippen LogP contribution in [0, 0.1) is 10.8 Å². The third kappa shape index (κ3) is 6.90. The van der Waals surface area contributed by atoms with E-state index < -0.39 is 17.9 Å². The minimum absolute atomic E-state index is 0.00371. The van der Waals surface area contributed by atoms with Crippen molar-refractivity contribution >= 4 is 40.9 Å². The van der Waals surface area contributed by atoms with E-state index >= 15 is 8.63 Å². The number of aromatic nitrogens is 1. The summed E-state index contributed by atoms with van der Waals surface area (Å²) in [4.78, 5) is 22.2. The third-order valence-electron chi connectivity index (χ3n) is 10.6. The molecule has 290 valence electrons. The Bertz CT molecular complexity index is 2460. The number of aliphatic imine (C=N–C) groups is 1. The number of hydrogen-bond donors (Lipinski definition) is 2. The quantitative estimate of drug-likeness (QED) is 0.161. The minimum atomic E-state index is -4.82. The third-order valence-corrected chi connectivity index (χ3v) is 10.6. The summed E-state index contributed by atoms with van der Waals surface area (Å²) < 4.78 is 42.4. The van der Waals surface area contributed by atoms with Gasteiger partial charge in [-0.3, -0.25) is 4.79 Å². The van der Waals surface area contributed by atoms with E-state index in [0.29, 0.717) is 39.2 Å². The molecule has 0 spiro atoms. The molecule has 0 fully saturated rings. The molecule has 0 saturated carbocycles. The standard InChI is InChI=1S/C47H51BF2N2O4/c1-44(2,3)32-21-26(22-33(42(32)53)45(4,5)6)38-28-17-13-15-19-30(28)40(51-38)36-25-37(56-48(49,50)55-36)41-31-20-16-14-18-29(31)39(52-41)27-23-34(46(7,8)9)43(54)35(24-27)47(10,11)12/h13-25,51,53H,1-12H3. The van der Waals surface area contributed by atoms with Gasteiger partial charge in [-0.2, -0.15) is 0 Å². The maximum atomic E-state index is 15.8. The number of benzene rings is 3. The number of allylic oxidation sites excluding steroid dienone is 7. The second kappa shape index (κ2) is 12.9. The monoisotopic (exact) mass is 756 g/mol. The smallest absolute Gasteiger partial charge is 0.568 e. The minimum Gasteiger partial charge on any atom is -0.568 e. The number of nitrogens with zero attached hydrogens (tertiary/aromatic N) is 1. The Morgan fingerprint density at radius 3 is 1.71 bits per heavy atom. The van der Waals surface area contributed by atoms with Gasteiger partial charge in [-0.05, 0) is 51.5 Å². The van der Waals surface area contributed by atoms with E-state index in [0.717, 1.165) is 33.2 Å². The summed E-state index contributed by atoms with van der Waals surface area (Å²) in [6.07, 6.45) is 5.26. The number of Topliss-reactive ketones (excluding diaryl/α,β-unsaturated/α-hetero) is 1. The van der Waals surface area contributed by atoms with Crippen molar-refractivity contribution in [2.24, 2.45) is 15.8 Å². The predicted octanol–water partition coefficient (Wildman–Crippen LogP) is 11.9. The molecule has 3 heterocycles. The SMILES string of the molecule is CC(C)(C)C1=CC(=C2N=C(C3=CC(c4[nH]c(-c5cc(C(C)(C)C)c(O)c(C(C)(C)C)c5)c5ccccc45)=[O+][B-](F)(F)O3)c3ccccc32)C=C(C(C)(C)C)C1=O. The number of halogens is 2. The van der Waals surface area contributed by atoms with Gasteiger partial charge in [0.1, 0.15) is 22.9 Å². The zero-order valence-corrected chi connectivity index (χ0v) is 34.5. The Balaban J connectivity index is 1.43. The molecule has 7 rings (SSSR count). The van der Waals surface area contributed by atoms with Gasteiger partial charge in [0.05, 0.1) is 17.5 Å². The maximum absolute atomic E-state index is 15.8. The highest BCUT2D eigenvalue weighted by Crippen LogP contribution is 2.46. The summed E-state index contributed by atoms with van der Waals surface area (Å²) in [6.45, 7) is 24.4. The highest BCUT2D eigenvalue weighted by Gasteiger charge is 2.54. The van der Waals surface area contributed by atoms with Crippen LogP contribution in [0.25, 0.3) is 27.7 Å². The van der Waals surface area contributed by atoms with Crippen LogP contribution in [0.4, 0.5) is 8.63 Å². The van der Waals surface area contributed by atoms with E-state index in [1.165, 1.54) is 6.08 Å². The zero-order chi connectivity index (χ0) is 40.9. The molecule has 1 aliphatic carbocycles. The Hall–Kier alpha value is -5.31. The number of aromatic amines is 1. The Morgan fingerprint density at radius 2 is 1.20 bits per heavy atom. The van der Waals surface area contributed by atoms with Crippen molar-refractivity contribution in [2.45, 2.75) is 93.9 Å². The van der Waals surface area contributed by atoms with Crippen molar-refractivity contribution < 1.29 is 27.5 Å². The van der Waals surface area contributed by atoms with Crippen molar-refractivity contribution in [3.8, 4) is 17.0 Å². The average Bonchev–Trinajstić information content (AvgIpc) is 3.66. The number of H-pyrrole nitrogens is 1. The van der Waals surface area contributed by atoms with E-state index in [9.17, 15) is 9.90 Å². The van der Waals surface area contributed by atoms with Gasteiger partial charge in [-0.25, -0.2) is 4.99 Å². The first kappa shape index (κ1) is 38.9. The van der Waals surface area contributed by atoms with Crippen molar-refractivity contribution in [1.82, 2.24) is 4.98 Å². The normalized spacial score (nSPS) is 17.6. The lowest BCUT2D eigenvalue weighted by molar-refractivity contribution is -0.187. The van der Waals surface area contributed by atoms with Gasteiger partial charge in [0.25, 0.3) is 0 Å². The average molecular weight is 757 g/mol. The molecule has 0 bridgehead atoms. The van der Waals surface area contributed by atoms with Gasteiger partial charge in [0.15, 0.2) is 5.78 Å².